The Morgan fingerprint density at radius 3 is 2.84 bits per heavy atom. The molecule has 4 heterocycles. The Labute approximate surface area is 186 Å². The minimum absolute atomic E-state index is 0.146. The van der Waals surface area contributed by atoms with Crippen LogP contribution in [0.1, 0.15) is 19.3 Å². The molecule has 162 valence electrons. The van der Waals surface area contributed by atoms with Crippen molar-refractivity contribution in [1.82, 2.24) is 24.8 Å². The number of carbonyl (C=O) groups is 1. The summed E-state index contributed by atoms with van der Waals surface area (Å²) in [5.41, 5.74) is 2.70. The van der Waals surface area contributed by atoms with E-state index in [1.807, 2.05) is 29.3 Å². The minimum atomic E-state index is 0.146. The standard InChI is InChI=1S/C23H27ClN6O/c1-29-9-6-15(7-10-29)22(31)30-11-8-16(14-30)27-23-26-13-19(24)21(28-23)18-12-25-20-5-3-2-4-17(18)20/h2-5,12-13,15-16,25H,6-11,14H2,1H3,(H,26,27,28)/t16-/m1/s1. The van der Waals surface area contributed by atoms with Gasteiger partial charge in [0.25, 0.3) is 0 Å². The number of halogens is 1. The van der Waals surface area contributed by atoms with E-state index in [4.69, 9.17) is 16.6 Å². The Kier molecular flexibility index (Phi) is 5.54. The van der Waals surface area contributed by atoms with Crippen molar-refractivity contribution in [2.45, 2.75) is 25.3 Å². The quantitative estimate of drug-likeness (QED) is 0.650. The fourth-order valence-corrected chi connectivity index (χ4v) is 4.86. The van der Waals surface area contributed by atoms with Gasteiger partial charge in [-0.2, -0.15) is 0 Å². The molecule has 8 heteroatoms. The molecule has 2 aromatic heterocycles. The largest absolute Gasteiger partial charge is 0.360 e. The number of para-hydroxylation sites is 1. The molecule has 0 spiro atoms. The van der Waals surface area contributed by atoms with Crippen molar-refractivity contribution in [2.75, 3.05) is 38.5 Å². The first-order valence-corrected chi connectivity index (χ1v) is 11.3. The van der Waals surface area contributed by atoms with Crippen molar-refractivity contribution in [3.05, 3.63) is 41.7 Å². The number of benzene rings is 1. The van der Waals surface area contributed by atoms with E-state index in [9.17, 15) is 4.79 Å². The third-order valence-electron chi connectivity index (χ3n) is 6.49. The van der Waals surface area contributed by atoms with Crippen LogP contribution in [0.15, 0.2) is 36.7 Å². The van der Waals surface area contributed by atoms with Gasteiger partial charge in [0, 0.05) is 47.7 Å². The van der Waals surface area contributed by atoms with Gasteiger partial charge in [0.1, 0.15) is 0 Å². The fraction of sp³-hybridized carbons (Fsp3) is 0.435. The second-order valence-corrected chi connectivity index (χ2v) is 9.04. The van der Waals surface area contributed by atoms with Gasteiger partial charge in [-0.3, -0.25) is 4.79 Å². The highest BCUT2D eigenvalue weighted by molar-refractivity contribution is 6.33. The number of H-pyrrole nitrogens is 1. The highest BCUT2D eigenvalue weighted by Gasteiger charge is 2.32. The molecule has 2 N–H and O–H groups in total. The third-order valence-corrected chi connectivity index (χ3v) is 6.77. The number of piperidine rings is 1. The van der Waals surface area contributed by atoms with Crippen LogP contribution >= 0.6 is 11.6 Å². The minimum Gasteiger partial charge on any atom is -0.360 e. The summed E-state index contributed by atoms with van der Waals surface area (Å²) in [5, 5.41) is 5.01. The molecule has 0 aliphatic carbocycles. The maximum Gasteiger partial charge on any atom is 0.225 e. The summed E-state index contributed by atoms with van der Waals surface area (Å²) in [7, 11) is 2.12. The SMILES string of the molecule is CN1CCC(C(=O)N2CC[C@@H](Nc3ncc(Cl)c(-c4c[nH]c5ccccc45)n3)C2)CC1. The Morgan fingerprint density at radius 1 is 1.19 bits per heavy atom. The molecule has 2 fully saturated rings. The first-order valence-electron chi connectivity index (χ1n) is 10.9. The van der Waals surface area contributed by atoms with Gasteiger partial charge < -0.3 is 20.1 Å². The molecule has 31 heavy (non-hydrogen) atoms. The van der Waals surface area contributed by atoms with E-state index in [-0.39, 0.29) is 12.0 Å². The van der Waals surface area contributed by atoms with E-state index in [2.05, 4.69) is 33.3 Å². The monoisotopic (exact) mass is 438 g/mol. The summed E-state index contributed by atoms with van der Waals surface area (Å²) in [6.07, 6.45) is 6.38. The second-order valence-electron chi connectivity index (χ2n) is 8.63. The zero-order valence-electron chi connectivity index (χ0n) is 17.6. The van der Waals surface area contributed by atoms with E-state index in [0.717, 1.165) is 55.4 Å². The highest BCUT2D eigenvalue weighted by atomic mass is 35.5. The van der Waals surface area contributed by atoms with Gasteiger partial charge in [-0.05, 0) is 45.5 Å². The van der Waals surface area contributed by atoms with Crippen LogP contribution in [0.4, 0.5) is 5.95 Å². The van der Waals surface area contributed by atoms with Crippen LogP contribution in [-0.2, 0) is 4.79 Å². The van der Waals surface area contributed by atoms with Crippen molar-refractivity contribution in [3.8, 4) is 11.3 Å². The summed E-state index contributed by atoms with van der Waals surface area (Å²) in [6, 6.07) is 8.22. The van der Waals surface area contributed by atoms with Gasteiger partial charge >= 0.3 is 0 Å². The van der Waals surface area contributed by atoms with Gasteiger partial charge in [-0.1, -0.05) is 29.8 Å². The van der Waals surface area contributed by atoms with Gasteiger partial charge in [-0.15, -0.1) is 0 Å². The van der Waals surface area contributed by atoms with E-state index in [1.54, 1.807) is 6.20 Å². The number of hydrogen-bond acceptors (Lipinski definition) is 5. The fourth-order valence-electron chi connectivity index (χ4n) is 4.67. The summed E-state index contributed by atoms with van der Waals surface area (Å²) >= 11 is 6.44. The molecule has 1 atom stereocenters. The molecule has 0 radical (unpaired) electrons. The second kappa shape index (κ2) is 8.48. The normalized spacial score (nSPS) is 20.5. The molecular weight excluding hydrogens is 412 g/mol. The first kappa shape index (κ1) is 20.3. The van der Waals surface area contributed by atoms with Crippen LogP contribution in [0.2, 0.25) is 5.02 Å². The number of amides is 1. The predicted molar refractivity (Wildman–Crippen MR) is 123 cm³/mol. The number of likely N-dealkylation sites (tertiary alicyclic amines) is 2. The number of nitrogens with one attached hydrogen (secondary N) is 2. The molecule has 2 aliphatic rings. The average Bonchev–Trinajstić information content (AvgIpc) is 3.42. The molecule has 0 saturated carbocycles. The Bertz CT molecular complexity index is 1090. The first-order chi connectivity index (χ1) is 15.1. The predicted octanol–water partition coefficient (Wildman–Crippen LogP) is 3.63. The number of carbonyl (C=O) groups excluding carboxylic acids is 1. The maximum atomic E-state index is 12.9. The summed E-state index contributed by atoms with van der Waals surface area (Å²) in [5.74, 6) is 1.01. The number of rotatable bonds is 4. The number of anilines is 1. The summed E-state index contributed by atoms with van der Waals surface area (Å²) in [6.45, 7) is 3.48. The van der Waals surface area contributed by atoms with Crippen molar-refractivity contribution >= 4 is 34.4 Å². The molecule has 7 nitrogen and oxygen atoms in total. The van der Waals surface area contributed by atoms with Crippen LogP contribution in [0.5, 0.6) is 0 Å². The van der Waals surface area contributed by atoms with Crippen LogP contribution < -0.4 is 5.32 Å². The van der Waals surface area contributed by atoms with Crippen molar-refractivity contribution in [3.63, 3.8) is 0 Å². The zero-order chi connectivity index (χ0) is 21.4. The van der Waals surface area contributed by atoms with E-state index < -0.39 is 0 Å². The number of aromatic nitrogens is 3. The maximum absolute atomic E-state index is 12.9. The molecular formula is C23H27ClN6O. The van der Waals surface area contributed by atoms with Crippen LogP contribution in [0.3, 0.4) is 0 Å². The Morgan fingerprint density at radius 2 is 2.00 bits per heavy atom. The number of hydrogen-bond donors (Lipinski definition) is 2. The van der Waals surface area contributed by atoms with Crippen molar-refractivity contribution in [1.29, 1.82) is 0 Å². The lowest BCUT2D eigenvalue weighted by atomic mass is 9.96. The van der Waals surface area contributed by atoms with Gasteiger partial charge in [0.15, 0.2) is 0 Å². The lowest BCUT2D eigenvalue weighted by Gasteiger charge is -2.30. The van der Waals surface area contributed by atoms with Gasteiger partial charge in [0.2, 0.25) is 11.9 Å². The lowest BCUT2D eigenvalue weighted by molar-refractivity contribution is -0.135. The van der Waals surface area contributed by atoms with E-state index >= 15 is 0 Å². The molecule has 5 rings (SSSR count). The molecule has 2 aliphatic heterocycles. The van der Waals surface area contributed by atoms with Crippen molar-refractivity contribution < 1.29 is 4.79 Å². The van der Waals surface area contributed by atoms with Gasteiger partial charge in [0.05, 0.1) is 16.9 Å². The summed E-state index contributed by atoms with van der Waals surface area (Å²) < 4.78 is 0. The number of aromatic amines is 1. The molecule has 1 amide bonds. The number of nitrogens with zero attached hydrogens (tertiary/aromatic N) is 4. The molecule has 3 aromatic rings. The summed E-state index contributed by atoms with van der Waals surface area (Å²) in [4.78, 5) is 29.6. The smallest absolute Gasteiger partial charge is 0.225 e. The third kappa shape index (κ3) is 4.12. The van der Waals surface area contributed by atoms with Crippen molar-refractivity contribution in [2.24, 2.45) is 5.92 Å². The Hall–Kier alpha value is -2.64. The van der Waals surface area contributed by atoms with Crippen LogP contribution in [0, 0.1) is 5.92 Å². The van der Waals surface area contributed by atoms with Crippen LogP contribution in [-0.4, -0.2) is 69.9 Å². The zero-order valence-corrected chi connectivity index (χ0v) is 18.4. The highest BCUT2D eigenvalue weighted by Crippen LogP contribution is 2.32. The van der Waals surface area contributed by atoms with Gasteiger partial charge in [-0.25, -0.2) is 9.97 Å². The molecule has 0 bridgehead atoms. The topological polar surface area (TPSA) is 77.2 Å². The van der Waals surface area contributed by atoms with E-state index in [1.165, 1.54) is 0 Å². The molecule has 1 aromatic carbocycles. The van der Waals surface area contributed by atoms with E-state index in [0.29, 0.717) is 29.1 Å². The van der Waals surface area contributed by atoms with Crippen LogP contribution in [0.25, 0.3) is 22.2 Å². The number of fused-ring (bicyclic) bond motifs is 1. The lowest BCUT2D eigenvalue weighted by Crippen LogP contribution is -2.41. The molecule has 0 unspecified atom stereocenters. The molecule has 2 saturated heterocycles. The Balaban J connectivity index is 1.28. The average molecular weight is 439 g/mol.